The van der Waals surface area contributed by atoms with Gasteiger partial charge >= 0.3 is 0 Å². The van der Waals surface area contributed by atoms with Crippen molar-refractivity contribution in [2.75, 3.05) is 7.11 Å². The molecule has 0 amide bonds. The lowest BCUT2D eigenvalue weighted by Gasteiger charge is -2.47. The zero-order chi connectivity index (χ0) is 13.4. The van der Waals surface area contributed by atoms with Crippen LogP contribution in [0.5, 0.6) is 5.75 Å². The van der Waals surface area contributed by atoms with Gasteiger partial charge in [-0.05, 0) is 31.9 Å². The fourth-order valence-corrected chi connectivity index (χ4v) is 2.62. The molecule has 1 N–H and O–H groups in total. The molecule has 18 heavy (non-hydrogen) atoms. The van der Waals surface area contributed by atoms with Crippen LogP contribution in [0, 0.1) is 22.6 Å². The Morgan fingerprint density at radius 2 is 2.17 bits per heavy atom. The molecule has 0 aromatic heterocycles. The first-order valence-electron chi connectivity index (χ1n) is 5.95. The van der Waals surface area contributed by atoms with Gasteiger partial charge in [-0.15, -0.1) is 0 Å². The summed E-state index contributed by atoms with van der Waals surface area (Å²) in [6.45, 7) is 1.50. The highest BCUT2D eigenvalue weighted by Gasteiger charge is 2.54. The Bertz CT molecular complexity index is 501. The molecular weight excluding hydrogens is 233 g/mol. The molecule has 1 aromatic carbocycles. The number of halogens is 1. The van der Waals surface area contributed by atoms with E-state index in [0.29, 0.717) is 12.8 Å². The van der Waals surface area contributed by atoms with Crippen LogP contribution in [0.1, 0.15) is 31.7 Å². The second-order valence-electron chi connectivity index (χ2n) is 4.94. The predicted octanol–water partition coefficient (Wildman–Crippen LogP) is 2.74. The van der Waals surface area contributed by atoms with E-state index in [-0.39, 0.29) is 11.3 Å². The third kappa shape index (κ3) is 1.58. The lowest BCUT2D eigenvalue weighted by atomic mass is 9.58. The minimum Gasteiger partial charge on any atom is -0.496 e. The molecule has 0 radical (unpaired) electrons. The van der Waals surface area contributed by atoms with E-state index in [4.69, 9.17) is 4.74 Å². The standard InChI is InChI=1S/C14H16FNO2/c1-13(17,14(9-16)7-4-8-14)12-10(15)5-3-6-11(12)18-2/h3,5-6,17H,4,7-8H2,1-2H3. The van der Waals surface area contributed by atoms with Crippen LogP contribution < -0.4 is 4.74 Å². The molecule has 3 nitrogen and oxygen atoms in total. The number of nitrogens with zero attached hydrogens (tertiary/aromatic N) is 1. The lowest BCUT2D eigenvalue weighted by Crippen LogP contribution is -2.48. The van der Waals surface area contributed by atoms with Crippen molar-refractivity contribution in [1.82, 2.24) is 0 Å². The van der Waals surface area contributed by atoms with Gasteiger partial charge in [-0.3, -0.25) is 0 Å². The Balaban J connectivity index is 2.57. The van der Waals surface area contributed by atoms with Crippen LogP contribution in [0.2, 0.25) is 0 Å². The highest BCUT2D eigenvalue weighted by Crippen LogP contribution is 2.55. The second-order valence-corrected chi connectivity index (χ2v) is 4.94. The van der Waals surface area contributed by atoms with Gasteiger partial charge in [0.05, 0.1) is 24.2 Å². The Hall–Kier alpha value is -1.60. The van der Waals surface area contributed by atoms with Crippen molar-refractivity contribution >= 4 is 0 Å². The number of hydrogen-bond donors (Lipinski definition) is 1. The van der Waals surface area contributed by atoms with Gasteiger partial charge in [-0.25, -0.2) is 4.39 Å². The van der Waals surface area contributed by atoms with E-state index in [2.05, 4.69) is 6.07 Å². The monoisotopic (exact) mass is 249 g/mol. The predicted molar refractivity (Wildman–Crippen MR) is 64.4 cm³/mol. The maximum Gasteiger partial charge on any atom is 0.133 e. The van der Waals surface area contributed by atoms with Crippen molar-refractivity contribution in [3.63, 3.8) is 0 Å². The van der Waals surface area contributed by atoms with E-state index in [1.807, 2.05) is 0 Å². The molecule has 0 heterocycles. The lowest BCUT2D eigenvalue weighted by molar-refractivity contribution is -0.0892. The molecular formula is C14H16FNO2. The first-order chi connectivity index (χ1) is 8.48. The van der Waals surface area contributed by atoms with Gasteiger partial charge in [-0.2, -0.15) is 5.26 Å². The summed E-state index contributed by atoms with van der Waals surface area (Å²) < 4.78 is 19.1. The highest BCUT2D eigenvalue weighted by atomic mass is 19.1. The van der Waals surface area contributed by atoms with Crippen LogP contribution >= 0.6 is 0 Å². The normalized spacial score (nSPS) is 20.4. The van der Waals surface area contributed by atoms with Gasteiger partial charge in [0, 0.05) is 0 Å². The average Bonchev–Trinajstić information content (AvgIpc) is 2.27. The summed E-state index contributed by atoms with van der Waals surface area (Å²) >= 11 is 0. The first-order valence-corrected chi connectivity index (χ1v) is 5.95. The second kappa shape index (κ2) is 4.25. The van der Waals surface area contributed by atoms with E-state index in [0.717, 1.165) is 6.42 Å². The van der Waals surface area contributed by atoms with Crippen molar-refractivity contribution in [3.8, 4) is 11.8 Å². The van der Waals surface area contributed by atoms with Crippen molar-refractivity contribution in [2.24, 2.45) is 5.41 Å². The number of benzene rings is 1. The Labute approximate surface area is 106 Å². The maximum atomic E-state index is 14.0. The summed E-state index contributed by atoms with van der Waals surface area (Å²) in [7, 11) is 1.42. The van der Waals surface area contributed by atoms with E-state index in [9.17, 15) is 14.8 Å². The molecule has 0 spiro atoms. The van der Waals surface area contributed by atoms with E-state index in [1.54, 1.807) is 6.07 Å². The summed E-state index contributed by atoms with van der Waals surface area (Å²) in [5.74, 6) is -0.262. The molecule has 1 aromatic rings. The summed E-state index contributed by atoms with van der Waals surface area (Å²) in [4.78, 5) is 0. The number of rotatable bonds is 3. The van der Waals surface area contributed by atoms with Crippen LogP contribution in [0.3, 0.4) is 0 Å². The van der Waals surface area contributed by atoms with Crippen LogP contribution in [0.15, 0.2) is 18.2 Å². The fourth-order valence-electron chi connectivity index (χ4n) is 2.62. The minimum absolute atomic E-state index is 0.0775. The molecule has 4 heteroatoms. The molecule has 2 rings (SSSR count). The quantitative estimate of drug-likeness (QED) is 0.896. The van der Waals surface area contributed by atoms with E-state index in [1.165, 1.54) is 26.2 Å². The zero-order valence-electron chi connectivity index (χ0n) is 10.5. The van der Waals surface area contributed by atoms with Crippen LogP contribution in [0.4, 0.5) is 4.39 Å². The number of aliphatic hydroxyl groups is 1. The SMILES string of the molecule is COc1cccc(F)c1C(C)(O)C1(C#N)CCC1. The van der Waals surface area contributed by atoms with Crippen LogP contribution in [-0.2, 0) is 5.60 Å². The van der Waals surface area contributed by atoms with Gasteiger partial charge in [0.1, 0.15) is 17.2 Å². The molecule has 0 bridgehead atoms. The Kier molecular flexibility index (Phi) is 3.04. The molecule has 1 saturated carbocycles. The van der Waals surface area contributed by atoms with Crippen LogP contribution in [-0.4, -0.2) is 12.2 Å². The molecule has 1 unspecified atom stereocenters. The van der Waals surface area contributed by atoms with Crippen molar-refractivity contribution in [3.05, 3.63) is 29.6 Å². The Morgan fingerprint density at radius 1 is 1.50 bits per heavy atom. The molecule has 0 saturated heterocycles. The van der Waals surface area contributed by atoms with Crippen molar-refractivity contribution in [1.29, 1.82) is 5.26 Å². The molecule has 1 atom stereocenters. The molecule has 1 fully saturated rings. The van der Waals surface area contributed by atoms with Crippen LogP contribution in [0.25, 0.3) is 0 Å². The Morgan fingerprint density at radius 3 is 2.61 bits per heavy atom. The number of nitriles is 1. The molecule has 1 aliphatic carbocycles. The van der Waals surface area contributed by atoms with E-state index >= 15 is 0 Å². The number of hydrogen-bond acceptors (Lipinski definition) is 3. The van der Waals surface area contributed by atoms with Crippen molar-refractivity contribution in [2.45, 2.75) is 31.8 Å². The third-order valence-electron chi connectivity index (χ3n) is 4.04. The summed E-state index contributed by atoms with van der Waals surface area (Å²) in [5.41, 5.74) is -2.38. The van der Waals surface area contributed by atoms with Gasteiger partial charge in [0.2, 0.25) is 0 Å². The van der Waals surface area contributed by atoms with E-state index < -0.39 is 16.8 Å². The van der Waals surface area contributed by atoms with Gasteiger partial charge in [-0.1, -0.05) is 12.5 Å². The summed E-state index contributed by atoms with van der Waals surface area (Å²) in [6.07, 6.45) is 2.03. The van der Waals surface area contributed by atoms with Gasteiger partial charge in [0.25, 0.3) is 0 Å². The molecule has 0 aliphatic heterocycles. The highest BCUT2D eigenvalue weighted by molar-refractivity contribution is 5.42. The van der Waals surface area contributed by atoms with Gasteiger partial charge in [0.15, 0.2) is 0 Å². The van der Waals surface area contributed by atoms with Crippen molar-refractivity contribution < 1.29 is 14.2 Å². The third-order valence-corrected chi connectivity index (χ3v) is 4.04. The smallest absolute Gasteiger partial charge is 0.133 e. The average molecular weight is 249 g/mol. The number of ether oxygens (including phenoxy) is 1. The topological polar surface area (TPSA) is 53.2 Å². The summed E-state index contributed by atoms with van der Waals surface area (Å²) in [5, 5.41) is 20.0. The number of methoxy groups -OCH3 is 1. The maximum absolute atomic E-state index is 14.0. The largest absolute Gasteiger partial charge is 0.496 e. The zero-order valence-corrected chi connectivity index (χ0v) is 10.5. The fraction of sp³-hybridized carbons (Fsp3) is 0.500. The summed E-state index contributed by atoms with van der Waals surface area (Å²) in [6, 6.07) is 6.55. The first kappa shape index (κ1) is 12.8. The molecule has 1 aliphatic rings. The van der Waals surface area contributed by atoms with Gasteiger partial charge < -0.3 is 9.84 Å². The molecule has 96 valence electrons. The minimum atomic E-state index is -1.54.